The number of amides is 2. The van der Waals surface area contributed by atoms with Gasteiger partial charge in [0.2, 0.25) is 5.91 Å². The van der Waals surface area contributed by atoms with E-state index < -0.39 is 17.5 Å². The number of nitrogens with zero attached hydrogens (tertiary/aromatic N) is 7. The maximum atomic E-state index is 14.8. The van der Waals surface area contributed by atoms with Gasteiger partial charge in [0, 0.05) is 26.2 Å². The van der Waals surface area contributed by atoms with E-state index in [9.17, 15) is 18.4 Å². The summed E-state index contributed by atoms with van der Waals surface area (Å²) < 4.78 is 29.3. The number of carbonyl (C=O) groups excluding carboxylic acids is 2. The van der Waals surface area contributed by atoms with Crippen molar-refractivity contribution in [2.45, 2.75) is 0 Å². The highest BCUT2D eigenvalue weighted by molar-refractivity contribution is 6.12. The predicted octanol–water partition coefficient (Wildman–Crippen LogP) is 0.447. The Bertz CT molecular complexity index is 1210. The van der Waals surface area contributed by atoms with E-state index in [2.05, 4.69) is 20.4 Å². The van der Waals surface area contributed by atoms with Crippen LogP contribution in [0.3, 0.4) is 0 Å². The number of nitrogen functional groups attached to an aromatic ring is 1. The monoisotopic (exact) mass is 459 g/mol. The quantitative estimate of drug-likeness (QED) is 0.564. The van der Waals surface area contributed by atoms with Crippen molar-refractivity contribution >= 4 is 34.7 Å². The SMILES string of the molecule is CN(C)CC(=O)N1CCN(c2c(F)cncc2NC(=O)c2c(N)nn3cc(F)cnc23)CC1. The summed E-state index contributed by atoms with van der Waals surface area (Å²) in [7, 11) is 3.64. The number of carbonyl (C=O) groups is 2. The lowest BCUT2D eigenvalue weighted by Gasteiger charge is -2.37. The van der Waals surface area contributed by atoms with E-state index >= 15 is 0 Å². The van der Waals surface area contributed by atoms with Crippen LogP contribution in [-0.4, -0.2) is 88.0 Å². The Balaban J connectivity index is 1.55. The Morgan fingerprint density at radius 2 is 1.88 bits per heavy atom. The third-order valence-corrected chi connectivity index (χ3v) is 5.22. The smallest absolute Gasteiger partial charge is 0.263 e. The summed E-state index contributed by atoms with van der Waals surface area (Å²) in [5.41, 5.74) is 6.14. The summed E-state index contributed by atoms with van der Waals surface area (Å²) >= 11 is 0. The van der Waals surface area contributed by atoms with Gasteiger partial charge < -0.3 is 25.8 Å². The highest BCUT2D eigenvalue weighted by atomic mass is 19.1. The molecule has 0 atom stereocenters. The Morgan fingerprint density at radius 1 is 1.15 bits per heavy atom. The van der Waals surface area contributed by atoms with Gasteiger partial charge in [-0.1, -0.05) is 0 Å². The van der Waals surface area contributed by atoms with Gasteiger partial charge in [-0.15, -0.1) is 5.10 Å². The first-order valence-corrected chi connectivity index (χ1v) is 10.2. The Hall–Kier alpha value is -3.87. The van der Waals surface area contributed by atoms with Crippen molar-refractivity contribution in [3.8, 4) is 0 Å². The second kappa shape index (κ2) is 8.94. The summed E-state index contributed by atoms with van der Waals surface area (Å²) in [5, 5.41) is 6.52. The number of hydrogen-bond donors (Lipinski definition) is 2. The van der Waals surface area contributed by atoms with Crippen LogP contribution in [0.15, 0.2) is 24.8 Å². The number of pyridine rings is 1. The topological polar surface area (TPSA) is 125 Å². The first kappa shape index (κ1) is 22.3. The fourth-order valence-electron chi connectivity index (χ4n) is 3.72. The summed E-state index contributed by atoms with van der Waals surface area (Å²) in [6.07, 6.45) is 4.37. The van der Waals surface area contributed by atoms with Crippen LogP contribution < -0.4 is 16.0 Å². The van der Waals surface area contributed by atoms with Crippen molar-refractivity contribution in [3.05, 3.63) is 42.0 Å². The summed E-state index contributed by atoms with van der Waals surface area (Å²) in [4.78, 5) is 38.3. The predicted molar refractivity (Wildman–Crippen MR) is 117 cm³/mol. The zero-order valence-corrected chi connectivity index (χ0v) is 18.1. The van der Waals surface area contributed by atoms with Crippen LogP contribution in [0.5, 0.6) is 0 Å². The minimum Gasteiger partial charge on any atom is -0.381 e. The average Bonchev–Trinajstić information content (AvgIpc) is 3.08. The standard InChI is InChI=1S/C20H23F2N9O2/c1-28(2)11-15(32)29-3-5-30(6-4-29)17-13(22)8-24-9-14(17)26-20(33)16-18(23)27-31-10-12(21)7-25-19(16)31/h7-10H,3-6,11H2,1-2H3,(H2,23,27)(H,26,33). The molecule has 0 spiro atoms. The fraction of sp³-hybridized carbons (Fsp3) is 0.350. The van der Waals surface area contributed by atoms with Crippen molar-refractivity contribution < 1.29 is 18.4 Å². The fourth-order valence-corrected chi connectivity index (χ4v) is 3.72. The Morgan fingerprint density at radius 3 is 2.58 bits per heavy atom. The summed E-state index contributed by atoms with van der Waals surface area (Å²) in [6.45, 7) is 1.88. The number of hydrogen-bond acceptors (Lipinski definition) is 8. The molecule has 33 heavy (non-hydrogen) atoms. The second-order valence-electron chi connectivity index (χ2n) is 7.88. The Labute approximate surface area is 187 Å². The number of aromatic nitrogens is 4. The molecule has 13 heteroatoms. The van der Waals surface area contributed by atoms with Gasteiger partial charge in [-0.25, -0.2) is 18.3 Å². The molecule has 3 aromatic rings. The highest BCUT2D eigenvalue weighted by Gasteiger charge is 2.27. The van der Waals surface area contributed by atoms with Crippen LogP contribution in [0.1, 0.15) is 10.4 Å². The highest BCUT2D eigenvalue weighted by Crippen LogP contribution is 2.30. The average molecular weight is 459 g/mol. The first-order chi connectivity index (χ1) is 15.7. The molecule has 3 aromatic heterocycles. The number of fused-ring (bicyclic) bond motifs is 1. The molecular formula is C20H23F2N9O2. The second-order valence-corrected chi connectivity index (χ2v) is 7.88. The lowest BCUT2D eigenvalue weighted by atomic mass is 10.2. The number of anilines is 3. The van der Waals surface area contributed by atoms with Crippen LogP contribution in [-0.2, 0) is 4.79 Å². The van der Waals surface area contributed by atoms with E-state index in [0.29, 0.717) is 32.7 Å². The molecule has 2 amide bonds. The molecule has 0 saturated carbocycles. The van der Waals surface area contributed by atoms with Crippen LogP contribution in [0.2, 0.25) is 0 Å². The van der Waals surface area contributed by atoms with Gasteiger partial charge in [-0.05, 0) is 14.1 Å². The van der Waals surface area contributed by atoms with E-state index in [1.165, 1.54) is 6.20 Å². The molecule has 4 heterocycles. The number of likely N-dealkylation sites (N-methyl/N-ethyl adjacent to an activating group) is 1. The van der Waals surface area contributed by atoms with E-state index in [-0.39, 0.29) is 34.3 Å². The zero-order valence-electron chi connectivity index (χ0n) is 18.1. The third-order valence-electron chi connectivity index (χ3n) is 5.22. The lowest BCUT2D eigenvalue weighted by molar-refractivity contribution is -0.132. The van der Waals surface area contributed by atoms with E-state index in [1.54, 1.807) is 14.7 Å². The van der Waals surface area contributed by atoms with Crippen LogP contribution in [0.25, 0.3) is 5.65 Å². The first-order valence-electron chi connectivity index (χ1n) is 10.2. The van der Waals surface area contributed by atoms with Gasteiger partial charge in [0.05, 0.1) is 37.0 Å². The minimum absolute atomic E-state index is 0.00382. The molecule has 4 rings (SSSR count). The molecule has 1 aliphatic heterocycles. The molecule has 11 nitrogen and oxygen atoms in total. The third kappa shape index (κ3) is 4.53. The number of nitrogens with one attached hydrogen (secondary N) is 1. The largest absolute Gasteiger partial charge is 0.381 e. The molecule has 1 aliphatic rings. The molecule has 0 unspecified atom stereocenters. The molecule has 1 saturated heterocycles. The normalized spacial score (nSPS) is 14.2. The molecule has 0 bridgehead atoms. The van der Waals surface area contributed by atoms with Crippen LogP contribution in [0.4, 0.5) is 26.0 Å². The number of piperazine rings is 1. The van der Waals surface area contributed by atoms with Gasteiger partial charge in [0.1, 0.15) is 11.3 Å². The minimum atomic E-state index is -0.685. The molecule has 1 fully saturated rings. The summed E-state index contributed by atoms with van der Waals surface area (Å²) in [5.74, 6) is -2.10. The molecule has 0 aliphatic carbocycles. The maximum Gasteiger partial charge on any atom is 0.263 e. The van der Waals surface area contributed by atoms with Gasteiger partial charge in [-0.2, -0.15) is 0 Å². The molecule has 0 radical (unpaired) electrons. The van der Waals surface area contributed by atoms with Crippen LogP contribution >= 0.6 is 0 Å². The van der Waals surface area contributed by atoms with Gasteiger partial charge in [0.25, 0.3) is 5.91 Å². The molecule has 3 N–H and O–H groups in total. The Kier molecular flexibility index (Phi) is 6.05. The van der Waals surface area contributed by atoms with Crippen molar-refractivity contribution in [1.82, 2.24) is 29.4 Å². The van der Waals surface area contributed by atoms with Gasteiger partial charge >= 0.3 is 0 Å². The van der Waals surface area contributed by atoms with Crippen molar-refractivity contribution in [2.24, 2.45) is 0 Å². The van der Waals surface area contributed by atoms with E-state index in [0.717, 1.165) is 23.1 Å². The van der Waals surface area contributed by atoms with E-state index in [1.807, 2.05) is 14.1 Å². The van der Waals surface area contributed by atoms with Gasteiger partial charge in [-0.3, -0.25) is 14.6 Å². The molecule has 174 valence electrons. The maximum absolute atomic E-state index is 14.8. The molecular weight excluding hydrogens is 436 g/mol. The zero-order chi connectivity index (χ0) is 23.7. The van der Waals surface area contributed by atoms with E-state index in [4.69, 9.17) is 5.73 Å². The number of rotatable bonds is 5. The lowest BCUT2D eigenvalue weighted by Crippen LogP contribution is -2.51. The number of nitrogens with two attached hydrogens (primary N) is 1. The van der Waals surface area contributed by atoms with Gasteiger partial charge in [0.15, 0.2) is 23.1 Å². The van der Waals surface area contributed by atoms with Crippen molar-refractivity contribution in [1.29, 1.82) is 0 Å². The molecule has 0 aromatic carbocycles. The number of halogens is 2. The van der Waals surface area contributed by atoms with Crippen molar-refractivity contribution in [2.75, 3.05) is 62.8 Å². The summed E-state index contributed by atoms with van der Waals surface area (Å²) in [6, 6.07) is 0. The van der Waals surface area contributed by atoms with Crippen molar-refractivity contribution in [3.63, 3.8) is 0 Å². The van der Waals surface area contributed by atoms with Crippen LogP contribution in [0, 0.1) is 11.6 Å².